The van der Waals surface area contributed by atoms with Crippen LogP contribution < -0.4 is 10.0 Å². The van der Waals surface area contributed by atoms with Gasteiger partial charge in [-0.3, -0.25) is 4.90 Å². The molecule has 0 radical (unpaired) electrons. The van der Waals surface area contributed by atoms with E-state index in [0.717, 1.165) is 38.5 Å². The van der Waals surface area contributed by atoms with Crippen LogP contribution in [0.5, 0.6) is 0 Å². The minimum absolute atomic E-state index is 0.0758. The van der Waals surface area contributed by atoms with Crippen molar-refractivity contribution in [3.05, 3.63) is 0 Å². The van der Waals surface area contributed by atoms with Crippen molar-refractivity contribution < 1.29 is 8.42 Å². The lowest BCUT2D eigenvalue weighted by Gasteiger charge is -2.21. The van der Waals surface area contributed by atoms with Gasteiger partial charge in [0.05, 0.1) is 0 Å². The number of hydrogen-bond acceptors (Lipinski definition) is 4. The number of nitrogens with one attached hydrogen (secondary N) is 2. The summed E-state index contributed by atoms with van der Waals surface area (Å²) in [5.41, 5.74) is 0. The van der Waals surface area contributed by atoms with Gasteiger partial charge in [0, 0.05) is 44.8 Å². The summed E-state index contributed by atoms with van der Waals surface area (Å²) in [6.07, 6.45) is 4.32. The van der Waals surface area contributed by atoms with E-state index in [2.05, 4.69) is 28.8 Å². The Morgan fingerprint density at radius 1 is 1.29 bits per heavy atom. The third kappa shape index (κ3) is 5.49. The van der Waals surface area contributed by atoms with Gasteiger partial charge >= 0.3 is 0 Å². The van der Waals surface area contributed by atoms with Gasteiger partial charge in [-0.2, -0.15) is 17.4 Å². The highest BCUT2D eigenvalue weighted by Gasteiger charge is 2.36. The number of rotatable bonds is 9. The summed E-state index contributed by atoms with van der Waals surface area (Å²) in [7, 11) is -1.69. The van der Waals surface area contributed by atoms with E-state index in [0.29, 0.717) is 12.6 Å². The van der Waals surface area contributed by atoms with Gasteiger partial charge in [0.2, 0.25) is 0 Å². The van der Waals surface area contributed by atoms with E-state index in [9.17, 15) is 8.42 Å². The Morgan fingerprint density at radius 2 is 2.00 bits per heavy atom. The van der Waals surface area contributed by atoms with Crippen LogP contribution in [0.1, 0.15) is 39.5 Å². The van der Waals surface area contributed by atoms with Gasteiger partial charge < -0.3 is 5.32 Å². The van der Waals surface area contributed by atoms with Gasteiger partial charge in [0.1, 0.15) is 0 Å². The van der Waals surface area contributed by atoms with Crippen LogP contribution in [0.15, 0.2) is 0 Å². The molecule has 1 saturated heterocycles. The monoisotopic (exact) mass is 318 g/mol. The second-order valence-corrected chi connectivity index (χ2v) is 8.43. The van der Waals surface area contributed by atoms with E-state index in [-0.39, 0.29) is 6.04 Å². The molecule has 1 aliphatic carbocycles. The highest BCUT2D eigenvalue weighted by molar-refractivity contribution is 7.87. The van der Waals surface area contributed by atoms with Crippen LogP contribution in [0.4, 0.5) is 0 Å². The average molecular weight is 318 g/mol. The van der Waals surface area contributed by atoms with Crippen molar-refractivity contribution in [1.82, 2.24) is 19.2 Å². The largest absolute Gasteiger partial charge is 0.314 e. The molecule has 2 rings (SSSR count). The standard InChI is InChI=1S/C14H30N4O2S/c1-12(2)15-8-4-9-17(3)21(19,20)16-13-7-10-18(11-13)14-5-6-14/h12-16H,4-11H2,1-3H3. The Kier molecular flexibility index (Phi) is 6.02. The maximum atomic E-state index is 12.3. The quantitative estimate of drug-likeness (QED) is 0.603. The summed E-state index contributed by atoms with van der Waals surface area (Å²) in [6, 6.07) is 1.24. The van der Waals surface area contributed by atoms with Crippen molar-refractivity contribution in [3.8, 4) is 0 Å². The first-order valence-corrected chi connectivity index (χ1v) is 9.53. The highest BCUT2D eigenvalue weighted by Crippen LogP contribution is 2.29. The van der Waals surface area contributed by atoms with Crippen molar-refractivity contribution in [2.75, 3.05) is 33.2 Å². The van der Waals surface area contributed by atoms with Crippen LogP contribution in [0.3, 0.4) is 0 Å². The molecule has 21 heavy (non-hydrogen) atoms. The fourth-order valence-electron chi connectivity index (χ4n) is 2.77. The molecule has 0 bridgehead atoms. The molecule has 1 atom stereocenters. The molecule has 1 aliphatic heterocycles. The lowest BCUT2D eigenvalue weighted by molar-refractivity contribution is 0.321. The first-order valence-electron chi connectivity index (χ1n) is 8.09. The van der Waals surface area contributed by atoms with E-state index in [1.54, 1.807) is 7.05 Å². The van der Waals surface area contributed by atoms with Gasteiger partial charge in [0.15, 0.2) is 0 Å². The second kappa shape index (κ2) is 7.37. The molecule has 6 nitrogen and oxygen atoms in total. The Bertz CT molecular complexity index is 423. The highest BCUT2D eigenvalue weighted by atomic mass is 32.2. The topological polar surface area (TPSA) is 64.7 Å². The molecule has 7 heteroatoms. The SMILES string of the molecule is CC(C)NCCCN(C)S(=O)(=O)NC1CCN(C2CC2)C1. The molecule has 0 aromatic heterocycles. The Balaban J connectivity index is 1.70. The number of hydrogen-bond donors (Lipinski definition) is 2. The molecular weight excluding hydrogens is 288 g/mol. The third-order valence-electron chi connectivity index (χ3n) is 4.21. The van der Waals surface area contributed by atoms with Crippen molar-refractivity contribution in [2.45, 2.75) is 57.7 Å². The zero-order chi connectivity index (χ0) is 15.5. The molecule has 124 valence electrons. The maximum absolute atomic E-state index is 12.3. The fourth-order valence-corrected chi connectivity index (χ4v) is 3.93. The fraction of sp³-hybridized carbons (Fsp3) is 1.00. The molecule has 2 aliphatic rings. The molecule has 0 spiro atoms. The molecule has 2 fully saturated rings. The van der Waals surface area contributed by atoms with E-state index >= 15 is 0 Å². The minimum Gasteiger partial charge on any atom is -0.314 e. The zero-order valence-electron chi connectivity index (χ0n) is 13.5. The third-order valence-corrected chi connectivity index (χ3v) is 5.85. The Labute approximate surface area is 129 Å². The predicted molar refractivity (Wildman–Crippen MR) is 85.4 cm³/mol. The van der Waals surface area contributed by atoms with Crippen LogP contribution in [0.2, 0.25) is 0 Å². The van der Waals surface area contributed by atoms with Crippen LogP contribution in [0.25, 0.3) is 0 Å². The minimum atomic E-state index is -3.34. The predicted octanol–water partition coefficient (Wildman–Crippen LogP) is 0.377. The lowest BCUT2D eigenvalue weighted by Crippen LogP contribution is -2.45. The number of likely N-dealkylation sites (tertiary alicyclic amines) is 1. The smallest absolute Gasteiger partial charge is 0.279 e. The average Bonchev–Trinajstić information content (AvgIpc) is 3.15. The Hall–Kier alpha value is -0.210. The molecule has 1 saturated carbocycles. The summed E-state index contributed by atoms with van der Waals surface area (Å²) < 4.78 is 28.9. The van der Waals surface area contributed by atoms with E-state index in [4.69, 9.17) is 0 Å². The molecule has 1 heterocycles. The first-order chi connectivity index (χ1) is 9.88. The van der Waals surface area contributed by atoms with Crippen LogP contribution in [-0.4, -0.2) is 69.0 Å². The van der Waals surface area contributed by atoms with E-state index < -0.39 is 10.2 Å². The van der Waals surface area contributed by atoms with Crippen molar-refractivity contribution in [2.24, 2.45) is 0 Å². The van der Waals surface area contributed by atoms with Gasteiger partial charge in [-0.1, -0.05) is 13.8 Å². The molecule has 0 aromatic carbocycles. The normalized spacial score (nSPS) is 24.3. The van der Waals surface area contributed by atoms with Crippen molar-refractivity contribution in [1.29, 1.82) is 0 Å². The molecule has 2 N–H and O–H groups in total. The lowest BCUT2D eigenvalue weighted by atomic mass is 10.3. The Morgan fingerprint density at radius 3 is 2.62 bits per heavy atom. The van der Waals surface area contributed by atoms with Crippen LogP contribution in [-0.2, 0) is 10.2 Å². The molecular formula is C14H30N4O2S. The van der Waals surface area contributed by atoms with Crippen molar-refractivity contribution in [3.63, 3.8) is 0 Å². The molecule has 0 amide bonds. The second-order valence-electron chi connectivity index (χ2n) is 6.62. The zero-order valence-corrected chi connectivity index (χ0v) is 14.3. The van der Waals surface area contributed by atoms with E-state index in [1.165, 1.54) is 17.1 Å². The summed E-state index contributed by atoms with van der Waals surface area (Å²) >= 11 is 0. The summed E-state index contributed by atoms with van der Waals surface area (Å²) in [6.45, 7) is 7.47. The molecule has 0 aromatic rings. The van der Waals surface area contributed by atoms with Gasteiger partial charge in [-0.25, -0.2) is 0 Å². The first kappa shape index (κ1) is 17.1. The van der Waals surface area contributed by atoms with Gasteiger partial charge in [0.25, 0.3) is 10.2 Å². The number of nitrogens with zero attached hydrogens (tertiary/aromatic N) is 2. The summed E-state index contributed by atoms with van der Waals surface area (Å²) in [5.74, 6) is 0. The van der Waals surface area contributed by atoms with E-state index in [1.807, 2.05) is 0 Å². The van der Waals surface area contributed by atoms with Crippen LogP contribution in [0, 0.1) is 0 Å². The summed E-state index contributed by atoms with van der Waals surface area (Å²) in [5, 5.41) is 3.30. The maximum Gasteiger partial charge on any atom is 0.279 e. The summed E-state index contributed by atoms with van der Waals surface area (Å²) in [4.78, 5) is 2.42. The van der Waals surface area contributed by atoms with Crippen molar-refractivity contribution >= 4 is 10.2 Å². The van der Waals surface area contributed by atoms with Crippen LogP contribution >= 0.6 is 0 Å². The molecule has 1 unspecified atom stereocenters. The van der Waals surface area contributed by atoms with Gasteiger partial charge in [-0.15, -0.1) is 0 Å². The van der Waals surface area contributed by atoms with Gasteiger partial charge in [-0.05, 0) is 32.2 Å².